The number of piperidine rings is 1. The lowest BCUT2D eigenvalue weighted by Crippen LogP contribution is -2.34. The molecule has 0 unspecified atom stereocenters. The summed E-state index contributed by atoms with van der Waals surface area (Å²) in [4.78, 5) is 20.7. The number of nitrogens with one attached hydrogen (secondary N) is 1. The lowest BCUT2D eigenvalue weighted by atomic mass is 9.97. The number of benzene rings is 1. The fraction of sp³-hybridized carbons (Fsp3) is 0.429. The molecular weight excluding hydrogens is 339 g/mol. The van der Waals surface area contributed by atoms with Gasteiger partial charge in [-0.05, 0) is 31.0 Å². The van der Waals surface area contributed by atoms with Crippen molar-refractivity contribution in [2.24, 2.45) is 5.92 Å². The van der Waals surface area contributed by atoms with E-state index in [1.54, 1.807) is 6.07 Å². The third kappa shape index (κ3) is 6.90. The van der Waals surface area contributed by atoms with Crippen molar-refractivity contribution in [1.29, 1.82) is 0 Å². The van der Waals surface area contributed by atoms with Crippen LogP contribution in [0.3, 0.4) is 0 Å². The summed E-state index contributed by atoms with van der Waals surface area (Å²) in [7, 11) is 0. The predicted molar refractivity (Wildman–Crippen MR) is 74.1 cm³/mol. The molecule has 10 heteroatoms. The molecule has 0 atom stereocenters. The molecule has 1 saturated heterocycles. The van der Waals surface area contributed by atoms with E-state index in [2.05, 4.69) is 5.32 Å². The van der Waals surface area contributed by atoms with Crippen LogP contribution < -0.4 is 5.32 Å². The van der Waals surface area contributed by atoms with Gasteiger partial charge in [0.1, 0.15) is 5.82 Å². The third-order valence-corrected chi connectivity index (χ3v) is 3.15. The first-order valence-corrected chi connectivity index (χ1v) is 6.87. The van der Waals surface area contributed by atoms with Crippen molar-refractivity contribution in [1.82, 2.24) is 5.12 Å². The molecule has 5 nitrogen and oxygen atoms in total. The van der Waals surface area contributed by atoms with Crippen molar-refractivity contribution in [3.05, 3.63) is 30.1 Å². The Labute approximate surface area is 134 Å². The minimum atomic E-state index is -5.08. The highest BCUT2D eigenvalue weighted by Crippen LogP contribution is 2.19. The second-order valence-corrected chi connectivity index (χ2v) is 4.99. The number of carboxylic acids is 1. The van der Waals surface area contributed by atoms with Crippen LogP contribution in [0.2, 0.25) is 0 Å². The smallest absolute Gasteiger partial charge is 0.475 e. The highest BCUT2D eigenvalue weighted by Gasteiger charge is 2.38. The van der Waals surface area contributed by atoms with Crippen LogP contribution in [-0.4, -0.2) is 41.4 Å². The first-order chi connectivity index (χ1) is 11.1. The summed E-state index contributed by atoms with van der Waals surface area (Å²) in [5.41, 5.74) is 0.442. The van der Waals surface area contributed by atoms with Gasteiger partial charge in [-0.2, -0.15) is 13.2 Å². The molecule has 0 saturated carbocycles. The topological polar surface area (TPSA) is 69.6 Å². The largest absolute Gasteiger partial charge is 0.490 e. The van der Waals surface area contributed by atoms with Crippen LogP contribution in [0, 0.1) is 11.7 Å². The molecule has 0 radical (unpaired) electrons. The van der Waals surface area contributed by atoms with E-state index < -0.39 is 12.1 Å². The molecule has 1 aromatic carbocycles. The van der Waals surface area contributed by atoms with Crippen LogP contribution >= 0.6 is 0 Å². The molecule has 2 N–H and O–H groups in total. The number of carboxylic acid groups (broad SMARTS) is 1. The molecular formula is C14H15F5N2O3. The van der Waals surface area contributed by atoms with Crippen molar-refractivity contribution in [3.63, 3.8) is 0 Å². The zero-order valence-electron chi connectivity index (χ0n) is 12.3. The Bertz CT molecular complexity index is 572. The van der Waals surface area contributed by atoms with Gasteiger partial charge in [0.05, 0.1) is 0 Å². The molecule has 1 fully saturated rings. The van der Waals surface area contributed by atoms with Gasteiger partial charge in [-0.1, -0.05) is 6.07 Å². The van der Waals surface area contributed by atoms with E-state index >= 15 is 0 Å². The maximum atomic E-state index is 12.9. The maximum absolute atomic E-state index is 12.9. The van der Waals surface area contributed by atoms with Crippen molar-refractivity contribution in [2.45, 2.75) is 19.0 Å². The second kappa shape index (κ2) is 8.57. The maximum Gasteiger partial charge on any atom is 0.490 e. The number of anilines is 1. The van der Waals surface area contributed by atoms with Crippen molar-refractivity contribution < 1.29 is 36.7 Å². The second-order valence-electron chi connectivity index (χ2n) is 4.99. The first-order valence-electron chi connectivity index (χ1n) is 6.87. The number of hydrogen-bond donors (Lipinski definition) is 2. The molecule has 24 heavy (non-hydrogen) atoms. The minimum Gasteiger partial charge on any atom is -0.475 e. The zero-order valence-corrected chi connectivity index (χ0v) is 12.3. The number of halogens is 5. The Balaban J connectivity index is 0.000000351. The van der Waals surface area contributed by atoms with E-state index in [4.69, 9.17) is 9.90 Å². The average Bonchev–Trinajstić information content (AvgIpc) is 2.47. The van der Waals surface area contributed by atoms with Crippen LogP contribution in [0.4, 0.5) is 27.7 Å². The van der Waals surface area contributed by atoms with Crippen molar-refractivity contribution >= 4 is 17.6 Å². The van der Waals surface area contributed by atoms with E-state index in [0.717, 1.165) is 0 Å². The summed E-state index contributed by atoms with van der Waals surface area (Å²) in [6.07, 6.45) is -4.09. The predicted octanol–water partition coefficient (Wildman–Crippen LogP) is 2.99. The molecule has 0 spiro atoms. The molecule has 134 valence electrons. The molecule has 2 rings (SSSR count). The lowest BCUT2D eigenvalue weighted by molar-refractivity contribution is -0.192. The van der Waals surface area contributed by atoms with Gasteiger partial charge in [-0.15, -0.1) is 9.60 Å². The molecule has 1 aliphatic rings. The summed E-state index contributed by atoms with van der Waals surface area (Å²) in [6, 6.07) is 5.75. The molecule has 1 heterocycles. The molecule has 0 aromatic heterocycles. The molecule has 1 aromatic rings. The number of nitrogens with zero attached hydrogens (tertiary/aromatic N) is 1. The number of rotatable bonds is 2. The number of carbonyl (C=O) groups excluding carboxylic acids is 1. The average molecular weight is 354 g/mol. The molecule has 0 bridgehead atoms. The Morgan fingerprint density at radius 2 is 1.75 bits per heavy atom. The Morgan fingerprint density at radius 3 is 2.21 bits per heavy atom. The van der Waals surface area contributed by atoms with Gasteiger partial charge >= 0.3 is 12.1 Å². The number of carbonyl (C=O) groups is 2. The van der Waals surface area contributed by atoms with Gasteiger partial charge in [0, 0.05) is 24.7 Å². The number of alkyl halides is 3. The van der Waals surface area contributed by atoms with Gasteiger partial charge in [-0.3, -0.25) is 4.79 Å². The standard InChI is InChI=1S/C12H14F2N2O.C2HF3O2/c13-10-2-1-3-11(8-10)15-12(17)9-4-6-16(14)7-5-9;3-2(4,5)1(6)7/h1-3,8-9H,4-7H2,(H,15,17);(H,6,7). The van der Waals surface area contributed by atoms with Gasteiger partial charge in [0.2, 0.25) is 5.91 Å². The van der Waals surface area contributed by atoms with Crippen LogP contribution in [0.5, 0.6) is 0 Å². The zero-order chi connectivity index (χ0) is 18.3. The third-order valence-electron chi connectivity index (χ3n) is 3.15. The summed E-state index contributed by atoms with van der Waals surface area (Å²) < 4.78 is 57.4. The summed E-state index contributed by atoms with van der Waals surface area (Å²) in [5.74, 6) is -3.50. The van der Waals surface area contributed by atoms with Gasteiger partial charge < -0.3 is 10.4 Å². The van der Waals surface area contributed by atoms with Gasteiger partial charge in [0.15, 0.2) is 0 Å². The summed E-state index contributed by atoms with van der Waals surface area (Å²) >= 11 is 0. The van der Waals surface area contributed by atoms with Crippen LogP contribution in [0.25, 0.3) is 0 Å². The van der Waals surface area contributed by atoms with E-state index in [1.807, 2.05) is 0 Å². The SMILES string of the molecule is O=C(Nc1cccc(F)c1)C1CCN(F)CC1.O=C(O)C(F)(F)F. The van der Waals surface area contributed by atoms with Crippen molar-refractivity contribution in [3.8, 4) is 0 Å². The lowest BCUT2D eigenvalue weighted by Gasteiger charge is -2.24. The normalized spacial score (nSPS) is 16.0. The molecule has 1 amide bonds. The number of hydrogen-bond acceptors (Lipinski definition) is 3. The van der Waals surface area contributed by atoms with E-state index in [-0.39, 0.29) is 30.7 Å². The summed E-state index contributed by atoms with van der Waals surface area (Å²) in [5, 5.41) is 10.5. The highest BCUT2D eigenvalue weighted by molar-refractivity contribution is 5.92. The van der Waals surface area contributed by atoms with Crippen LogP contribution in [0.1, 0.15) is 12.8 Å². The minimum absolute atomic E-state index is 0.163. The fourth-order valence-corrected chi connectivity index (χ4v) is 1.92. The van der Waals surface area contributed by atoms with Crippen molar-refractivity contribution in [2.75, 3.05) is 18.4 Å². The fourth-order valence-electron chi connectivity index (χ4n) is 1.92. The number of amides is 1. The Morgan fingerprint density at radius 1 is 1.21 bits per heavy atom. The Hall–Kier alpha value is -2.23. The van der Waals surface area contributed by atoms with E-state index in [0.29, 0.717) is 23.7 Å². The van der Waals surface area contributed by atoms with Crippen LogP contribution in [-0.2, 0) is 9.59 Å². The van der Waals surface area contributed by atoms with E-state index in [1.165, 1.54) is 18.2 Å². The van der Waals surface area contributed by atoms with Crippen LogP contribution in [0.15, 0.2) is 24.3 Å². The monoisotopic (exact) mass is 354 g/mol. The Kier molecular flexibility index (Phi) is 7.08. The first kappa shape index (κ1) is 19.8. The van der Waals surface area contributed by atoms with Gasteiger partial charge in [0.25, 0.3) is 0 Å². The van der Waals surface area contributed by atoms with Gasteiger partial charge in [-0.25, -0.2) is 9.18 Å². The highest BCUT2D eigenvalue weighted by atomic mass is 19.4. The molecule has 0 aliphatic carbocycles. The summed E-state index contributed by atoms with van der Waals surface area (Å²) in [6.45, 7) is 0.558. The quantitative estimate of drug-likeness (QED) is 0.633. The van der Waals surface area contributed by atoms with E-state index in [9.17, 15) is 26.8 Å². The number of aliphatic carboxylic acids is 1. The molecule has 1 aliphatic heterocycles.